The Morgan fingerprint density at radius 3 is 2.53 bits per heavy atom. The van der Waals surface area contributed by atoms with Crippen LogP contribution < -0.4 is 0 Å². The first-order chi connectivity index (χ1) is 9.16. The maximum atomic E-state index is 12.3. The van der Waals surface area contributed by atoms with Crippen molar-refractivity contribution in [2.24, 2.45) is 11.8 Å². The van der Waals surface area contributed by atoms with Crippen molar-refractivity contribution < 1.29 is 9.59 Å². The SMILES string of the molecule is O=C1[C@H]2CC=C(Cl)C[C@H]2C(=O)N1CCN1CCCC1. The predicted molar refractivity (Wildman–Crippen MR) is 72.5 cm³/mol. The standard InChI is InChI=1S/C14H19ClN2O2/c15-10-3-4-11-12(9-10)14(19)17(13(11)18)8-7-16-5-1-2-6-16/h3,11-12H,1-2,4-9H2/t11-,12+/m0/s1. The van der Waals surface area contributed by atoms with Gasteiger partial charge in [0.1, 0.15) is 0 Å². The Morgan fingerprint density at radius 2 is 1.79 bits per heavy atom. The summed E-state index contributed by atoms with van der Waals surface area (Å²) in [4.78, 5) is 28.4. The summed E-state index contributed by atoms with van der Waals surface area (Å²) in [7, 11) is 0. The third-order valence-electron chi connectivity index (χ3n) is 4.50. The van der Waals surface area contributed by atoms with E-state index in [1.54, 1.807) is 0 Å². The van der Waals surface area contributed by atoms with Gasteiger partial charge in [0.15, 0.2) is 0 Å². The first-order valence-electron chi connectivity index (χ1n) is 7.09. The summed E-state index contributed by atoms with van der Waals surface area (Å²) in [5, 5.41) is 0.726. The molecule has 19 heavy (non-hydrogen) atoms. The van der Waals surface area contributed by atoms with Gasteiger partial charge in [-0.1, -0.05) is 17.7 Å². The molecule has 5 heteroatoms. The van der Waals surface area contributed by atoms with E-state index in [-0.39, 0.29) is 23.7 Å². The summed E-state index contributed by atoms with van der Waals surface area (Å²) >= 11 is 6.00. The Kier molecular flexibility index (Phi) is 3.63. The number of hydrogen-bond acceptors (Lipinski definition) is 3. The third-order valence-corrected chi connectivity index (χ3v) is 4.81. The lowest BCUT2D eigenvalue weighted by Gasteiger charge is -2.20. The molecule has 2 fully saturated rings. The van der Waals surface area contributed by atoms with E-state index in [2.05, 4.69) is 4.90 Å². The lowest BCUT2D eigenvalue weighted by Crippen LogP contribution is -2.38. The fourth-order valence-electron chi connectivity index (χ4n) is 3.36. The fourth-order valence-corrected chi connectivity index (χ4v) is 3.62. The van der Waals surface area contributed by atoms with Gasteiger partial charge in [-0.2, -0.15) is 0 Å². The molecule has 0 unspecified atom stereocenters. The highest BCUT2D eigenvalue weighted by atomic mass is 35.5. The highest BCUT2D eigenvalue weighted by molar-refractivity contribution is 6.30. The van der Waals surface area contributed by atoms with E-state index in [4.69, 9.17) is 11.6 Å². The molecule has 0 aromatic rings. The van der Waals surface area contributed by atoms with Crippen molar-refractivity contribution in [1.29, 1.82) is 0 Å². The molecule has 0 saturated carbocycles. The molecule has 104 valence electrons. The molecule has 2 amide bonds. The second kappa shape index (κ2) is 5.25. The normalized spacial score (nSPS) is 31.8. The van der Waals surface area contributed by atoms with E-state index >= 15 is 0 Å². The molecule has 2 heterocycles. The van der Waals surface area contributed by atoms with Crippen molar-refractivity contribution in [1.82, 2.24) is 9.80 Å². The van der Waals surface area contributed by atoms with Crippen molar-refractivity contribution in [3.8, 4) is 0 Å². The quantitative estimate of drug-likeness (QED) is 0.738. The van der Waals surface area contributed by atoms with Gasteiger partial charge in [0.25, 0.3) is 0 Å². The van der Waals surface area contributed by atoms with E-state index in [9.17, 15) is 9.59 Å². The molecule has 2 aliphatic heterocycles. The van der Waals surface area contributed by atoms with Crippen LogP contribution in [0.5, 0.6) is 0 Å². The van der Waals surface area contributed by atoms with E-state index in [1.807, 2.05) is 6.08 Å². The van der Waals surface area contributed by atoms with E-state index < -0.39 is 0 Å². The van der Waals surface area contributed by atoms with Crippen molar-refractivity contribution >= 4 is 23.4 Å². The van der Waals surface area contributed by atoms with Crippen LogP contribution in [0, 0.1) is 11.8 Å². The fraction of sp³-hybridized carbons (Fsp3) is 0.714. The predicted octanol–water partition coefficient (Wildman–Crippen LogP) is 1.60. The Hall–Kier alpha value is -0.870. The first-order valence-corrected chi connectivity index (χ1v) is 7.46. The molecule has 0 spiro atoms. The van der Waals surface area contributed by atoms with Crippen molar-refractivity contribution in [2.75, 3.05) is 26.2 Å². The molecular weight excluding hydrogens is 264 g/mol. The molecular formula is C14H19ClN2O2. The van der Waals surface area contributed by atoms with Crippen LogP contribution in [-0.4, -0.2) is 47.8 Å². The minimum absolute atomic E-state index is 0.00890. The maximum absolute atomic E-state index is 12.3. The largest absolute Gasteiger partial charge is 0.302 e. The summed E-state index contributed by atoms with van der Waals surface area (Å²) in [6, 6.07) is 0. The van der Waals surface area contributed by atoms with Crippen LogP contribution in [-0.2, 0) is 9.59 Å². The molecule has 1 aliphatic carbocycles. The number of amides is 2. The van der Waals surface area contributed by atoms with Crippen molar-refractivity contribution in [3.05, 3.63) is 11.1 Å². The van der Waals surface area contributed by atoms with Crippen molar-refractivity contribution in [3.63, 3.8) is 0 Å². The zero-order valence-corrected chi connectivity index (χ0v) is 11.7. The highest BCUT2D eigenvalue weighted by Crippen LogP contribution is 2.38. The average Bonchev–Trinajstić information content (AvgIpc) is 2.98. The second-order valence-corrected chi connectivity index (χ2v) is 6.17. The van der Waals surface area contributed by atoms with Gasteiger partial charge >= 0.3 is 0 Å². The number of rotatable bonds is 3. The summed E-state index contributed by atoms with van der Waals surface area (Å²) in [6.07, 6.45) is 5.50. The molecule has 0 N–H and O–H groups in total. The Balaban J connectivity index is 1.63. The smallest absolute Gasteiger partial charge is 0.233 e. The van der Waals surface area contributed by atoms with Gasteiger partial charge in [0.05, 0.1) is 11.8 Å². The number of hydrogen-bond donors (Lipinski definition) is 0. The Morgan fingerprint density at radius 1 is 1.11 bits per heavy atom. The number of likely N-dealkylation sites (tertiary alicyclic amines) is 2. The minimum Gasteiger partial charge on any atom is -0.302 e. The molecule has 4 nitrogen and oxygen atoms in total. The van der Waals surface area contributed by atoms with E-state index in [0.717, 1.165) is 24.7 Å². The van der Waals surface area contributed by atoms with Gasteiger partial charge in [-0.15, -0.1) is 0 Å². The molecule has 0 radical (unpaired) electrons. The van der Waals surface area contributed by atoms with Crippen LogP contribution in [0.25, 0.3) is 0 Å². The monoisotopic (exact) mass is 282 g/mol. The topological polar surface area (TPSA) is 40.6 Å². The van der Waals surface area contributed by atoms with Crippen LogP contribution in [0.2, 0.25) is 0 Å². The molecule has 3 rings (SSSR count). The summed E-state index contributed by atoms with van der Waals surface area (Å²) in [5.74, 6) is -0.368. The zero-order valence-electron chi connectivity index (χ0n) is 11.0. The first kappa shape index (κ1) is 13.1. The lowest BCUT2D eigenvalue weighted by atomic mass is 9.85. The number of carbonyl (C=O) groups excluding carboxylic acids is 2. The summed E-state index contributed by atoms with van der Waals surface area (Å²) < 4.78 is 0. The van der Waals surface area contributed by atoms with Crippen LogP contribution in [0.4, 0.5) is 0 Å². The number of fused-ring (bicyclic) bond motifs is 1. The molecule has 0 aromatic carbocycles. The Bertz CT molecular complexity index is 429. The van der Waals surface area contributed by atoms with Gasteiger partial charge in [-0.25, -0.2) is 0 Å². The lowest BCUT2D eigenvalue weighted by molar-refractivity contribution is -0.140. The average molecular weight is 283 g/mol. The van der Waals surface area contributed by atoms with Gasteiger partial charge < -0.3 is 4.90 Å². The number of nitrogens with zero attached hydrogens (tertiary/aromatic N) is 2. The maximum Gasteiger partial charge on any atom is 0.233 e. The van der Waals surface area contributed by atoms with Crippen LogP contribution >= 0.6 is 11.6 Å². The molecule has 0 bridgehead atoms. The van der Waals surface area contributed by atoms with Crippen LogP contribution in [0.3, 0.4) is 0 Å². The van der Waals surface area contributed by atoms with Gasteiger partial charge in [0.2, 0.25) is 11.8 Å². The van der Waals surface area contributed by atoms with Gasteiger partial charge in [-0.05, 0) is 38.8 Å². The Labute approximate surface area is 118 Å². The second-order valence-electron chi connectivity index (χ2n) is 5.68. The van der Waals surface area contributed by atoms with E-state index in [0.29, 0.717) is 19.4 Å². The molecule has 2 atom stereocenters. The zero-order chi connectivity index (χ0) is 13.4. The minimum atomic E-state index is -0.205. The highest BCUT2D eigenvalue weighted by Gasteiger charge is 2.48. The number of carbonyl (C=O) groups is 2. The van der Waals surface area contributed by atoms with Gasteiger partial charge in [-0.3, -0.25) is 14.5 Å². The van der Waals surface area contributed by atoms with Crippen LogP contribution in [0.15, 0.2) is 11.1 Å². The van der Waals surface area contributed by atoms with E-state index in [1.165, 1.54) is 17.7 Å². The summed E-state index contributed by atoms with van der Waals surface area (Å²) in [6.45, 7) is 3.55. The molecule has 2 saturated heterocycles. The molecule has 3 aliphatic rings. The summed E-state index contributed by atoms with van der Waals surface area (Å²) in [5.41, 5.74) is 0. The number of halogens is 1. The van der Waals surface area contributed by atoms with Gasteiger partial charge in [0, 0.05) is 18.1 Å². The van der Waals surface area contributed by atoms with Crippen molar-refractivity contribution in [2.45, 2.75) is 25.7 Å². The number of imide groups is 1. The van der Waals surface area contributed by atoms with Crippen LogP contribution in [0.1, 0.15) is 25.7 Å². The molecule has 0 aromatic heterocycles. The number of allylic oxidation sites excluding steroid dienone is 2. The third kappa shape index (κ3) is 2.43.